The molecule has 1 fully saturated rings. The summed E-state index contributed by atoms with van der Waals surface area (Å²) in [7, 11) is 0. The van der Waals surface area contributed by atoms with Gasteiger partial charge in [-0.15, -0.1) is 0 Å². The molecule has 36 heavy (non-hydrogen) atoms. The number of benzene rings is 1. The van der Waals surface area contributed by atoms with Gasteiger partial charge in [-0.1, -0.05) is 18.5 Å². The zero-order valence-corrected chi connectivity index (χ0v) is 20.5. The Morgan fingerprint density at radius 3 is 2.78 bits per heavy atom. The molecule has 0 saturated carbocycles. The zero-order valence-electron chi connectivity index (χ0n) is 19.8. The Bertz CT molecular complexity index is 1570. The number of rotatable bonds is 5. The summed E-state index contributed by atoms with van der Waals surface area (Å²) in [5.74, 6) is -0.388. The maximum absolute atomic E-state index is 14.7. The van der Waals surface area contributed by atoms with E-state index in [4.69, 9.17) is 11.6 Å². The highest BCUT2D eigenvalue weighted by molar-refractivity contribution is 6.30. The average Bonchev–Trinajstić information content (AvgIpc) is 3.59. The van der Waals surface area contributed by atoms with Gasteiger partial charge >= 0.3 is 0 Å². The molecule has 0 radical (unpaired) electrons. The van der Waals surface area contributed by atoms with Crippen molar-refractivity contribution in [2.45, 2.75) is 19.4 Å². The fraction of sp³-hybridized carbons (Fsp3) is 0.214. The molecule has 1 unspecified atom stereocenters. The van der Waals surface area contributed by atoms with Gasteiger partial charge in [0, 0.05) is 70.5 Å². The molecular formula is C28H24ClFN6. The molecule has 5 heterocycles. The van der Waals surface area contributed by atoms with Crippen LogP contribution in [0.2, 0.25) is 5.02 Å². The molecule has 8 heteroatoms. The topological polar surface area (TPSA) is 59.7 Å². The van der Waals surface area contributed by atoms with Crippen molar-refractivity contribution in [2.75, 3.05) is 19.6 Å². The summed E-state index contributed by atoms with van der Waals surface area (Å²) in [4.78, 5) is 16.0. The van der Waals surface area contributed by atoms with Crippen molar-refractivity contribution in [3.05, 3.63) is 84.3 Å². The van der Waals surface area contributed by atoms with Gasteiger partial charge in [0.05, 0.1) is 17.9 Å². The highest BCUT2D eigenvalue weighted by Gasteiger charge is 2.23. The van der Waals surface area contributed by atoms with Crippen LogP contribution in [-0.4, -0.2) is 49.3 Å². The molecule has 180 valence electrons. The Kier molecular flexibility index (Phi) is 5.95. The molecule has 1 aliphatic rings. The number of likely N-dealkylation sites (tertiary alicyclic amines) is 1. The van der Waals surface area contributed by atoms with E-state index in [0.29, 0.717) is 28.0 Å². The fourth-order valence-electron chi connectivity index (χ4n) is 4.87. The molecule has 0 aliphatic carbocycles. The predicted molar refractivity (Wildman–Crippen MR) is 140 cm³/mol. The molecule has 5 aromatic rings. The molecule has 1 atom stereocenters. The van der Waals surface area contributed by atoms with Crippen molar-refractivity contribution in [3.8, 4) is 33.5 Å². The normalized spacial score (nSPS) is 16.1. The minimum Gasteiger partial charge on any atom is -0.301 e. The van der Waals surface area contributed by atoms with Crippen molar-refractivity contribution in [1.29, 1.82) is 0 Å². The van der Waals surface area contributed by atoms with Crippen molar-refractivity contribution in [1.82, 2.24) is 29.6 Å². The smallest absolute Gasteiger partial charge is 0.160 e. The van der Waals surface area contributed by atoms with Gasteiger partial charge in [-0.2, -0.15) is 5.10 Å². The van der Waals surface area contributed by atoms with Crippen LogP contribution in [0.5, 0.6) is 0 Å². The highest BCUT2D eigenvalue weighted by Crippen LogP contribution is 2.34. The first-order valence-electron chi connectivity index (χ1n) is 12.0. The summed E-state index contributed by atoms with van der Waals surface area (Å²) in [6.45, 7) is 5.38. The maximum Gasteiger partial charge on any atom is 0.160 e. The lowest BCUT2D eigenvalue weighted by atomic mass is 9.99. The second-order valence-corrected chi connectivity index (χ2v) is 9.50. The van der Waals surface area contributed by atoms with Crippen molar-refractivity contribution >= 4 is 22.6 Å². The standard InChI is InChI=1S/C28H24ClFN6/c1-2-35-9-7-22(17-35)36-16-20(15-33-36)18-10-19(14-31-13-18)24-12-27(25-11-21(29)5-6-26(25)30)34-28-23(24)4-3-8-32-28/h3-6,8,10-16,22H,2,7,9,17H2,1H3. The lowest BCUT2D eigenvalue weighted by Crippen LogP contribution is -2.21. The number of aromatic nitrogens is 5. The third kappa shape index (κ3) is 4.25. The van der Waals surface area contributed by atoms with Crippen molar-refractivity contribution in [3.63, 3.8) is 0 Å². The van der Waals surface area contributed by atoms with E-state index in [-0.39, 0.29) is 5.82 Å². The molecule has 1 aromatic carbocycles. The van der Waals surface area contributed by atoms with E-state index in [1.54, 1.807) is 12.3 Å². The number of hydrogen-bond acceptors (Lipinski definition) is 5. The van der Waals surface area contributed by atoms with E-state index < -0.39 is 0 Å². The number of hydrogen-bond donors (Lipinski definition) is 0. The Labute approximate surface area is 213 Å². The summed E-state index contributed by atoms with van der Waals surface area (Å²) in [6, 6.07) is 12.7. The molecule has 1 saturated heterocycles. The number of nitrogens with zero attached hydrogens (tertiary/aromatic N) is 6. The van der Waals surface area contributed by atoms with Crippen LogP contribution in [0.4, 0.5) is 4.39 Å². The van der Waals surface area contributed by atoms with Crippen LogP contribution in [0.25, 0.3) is 44.5 Å². The summed E-state index contributed by atoms with van der Waals surface area (Å²) >= 11 is 6.16. The van der Waals surface area contributed by atoms with E-state index in [1.165, 1.54) is 12.1 Å². The van der Waals surface area contributed by atoms with Crippen LogP contribution in [0.15, 0.2) is 73.4 Å². The fourth-order valence-corrected chi connectivity index (χ4v) is 5.05. The number of likely N-dealkylation sites (N-methyl/N-ethyl adjacent to an activating group) is 1. The van der Waals surface area contributed by atoms with E-state index in [1.807, 2.05) is 36.8 Å². The van der Waals surface area contributed by atoms with Gasteiger partial charge in [0.2, 0.25) is 0 Å². The first-order valence-corrected chi connectivity index (χ1v) is 12.4. The van der Waals surface area contributed by atoms with Crippen LogP contribution in [0.1, 0.15) is 19.4 Å². The molecule has 0 amide bonds. The van der Waals surface area contributed by atoms with Gasteiger partial charge in [-0.05, 0) is 61.0 Å². The highest BCUT2D eigenvalue weighted by atomic mass is 35.5. The second-order valence-electron chi connectivity index (χ2n) is 9.06. The summed E-state index contributed by atoms with van der Waals surface area (Å²) in [5, 5.41) is 5.97. The first kappa shape index (κ1) is 22.8. The summed E-state index contributed by atoms with van der Waals surface area (Å²) in [5.41, 5.74) is 5.08. The van der Waals surface area contributed by atoms with Crippen molar-refractivity contribution in [2.24, 2.45) is 0 Å². The maximum atomic E-state index is 14.7. The Hall–Kier alpha value is -3.68. The molecule has 0 bridgehead atoms. The van der Waals surface area contributed by atoms with Crippen molar-refractivity contribution < 1.29 is 4.39 Å². The van der Waals surface area contributed by atoms with Gasteiger partial charge in [0.1, 0.15) is 5.82 Å². The van der Waals surface area contributed by atoms with Crippen LogP contribution in [-0.2, 0) is 0 Å². The van der Waals surface area contributed by atoms with E-state index in [0.717, 1.165) is 53.7 Å². The molecule has 6 rings (SSSR count). The van der Waals surface area contributed by atoms with Crippen LogP contribution >= 0.6 is 11.6 Å². The third-order valence-electron chi connectivity index (χ3n) is 6.84. The van der Waals surface area contributed by atoms with Gasteiger partial charge in [-0.25, -0.2) is 14.4 Å². The Morgan fingerprint density at radius 2 is 1.92 bits per heavy atom. The van der Waals surface area contributed by atoms with E-state index >= 15 is 0 Å². The monoisotopic (exact) mass is 498 g/mol. The van der Waals surface area contributed by atoms with Gasteiger partial charge in [-0.3, -0.25) is 9.67 Å². The molecule has 6 nitrogen and oxygen atoms in total. The quantitative estimate of drug-likeness (QED) is 0.285. The second kappa shape index (κ2) is 9.41. The van der Waals surface area contributed by atoms with E-state index in [9.17, 15) is 4.39 Å². The predicted octanol–water partition coefficient (Wildman–Crippen LogP) is 6.28. The lowest BCUT2D eigenvalue weighted by Gasteiger charge is -2.13. The van der Waals surface area contributed by atoms with Gasteiger partial charge in [0.15, 0.2) is 5.65 Å². The van der Waals surface area contributed by atoms with Crippen LogP contribution < -0.4 is 0 Å². The molecule has 0 spiro atoms. The Morgan fingerprint density at radius 1 is 1.03 bits per heavy atom. The van der Waals surface area contributed by atoms with Crippen LogP contribution in [0.3, 0.4) is 0 Å². The summed E-state index contributed by atoms with van der Waals surface area (Å²) in [6.07, 6.45) is 10.4. The van der Waals surface area contributed by atoms with E-state index in [2.05, 4.69) is 48.8 Å². The minimum atomic E-state index is -0.388. The molecule has 0 N–H and O–H groups in total. The van der Waals surface area contributed by atoms with Crippen LogP contribution in [0, 0.1) is 5.82 Å². The molecular weight excluding hydrogens is 475 g/mol. The number of pyridine rings is 3. The third-order valence-corrected chi connectivity index (χ3v) is 7.08. The van der Waals surface area contributed by atoms with Gasteiger partial charge < -0.3 is 4.90 Å². The average molecular weight is 499 g/mol. The molecule has 1 aliphatic heterocycles. The lowest BCUT2D eigenvalue weighted by molar-refractivity contribution is 0.335. The minimum absolute atomic E-state index is 0.333. The zero-order chi connectivity index (χ0) is 24.6. The SMILES string of the molecule is CCN1CCC(n2cc(-c3cncc(-c4cc(-c5cc(Cl)ccc5F)nc5ncccc45)c3)cn2)C1. The van der Waals surface area contributed by atoms with Gasteiger partial charge in [0.25, 0.3) is 0 Å². The number of halogens is 2. The largest absolute Gasteiger partial charge is 0.301 e. The first-order chi connectivity index (χ1) is 17.6. The molecule has 4 aromatic heterocycles. The Balaban J connectivity index is 1.42. The summed E-state index contributed by atoms with van der Waals surface area (Å²) < 4.78 is 16.8. The number of fused-ring (bicyclic) bond motifs is 1.